The van der Waals surface area contributed by atoms with Crippen molar-refractivity contribution < 1.29 is 0 Å². The minimum absolute atomic E-state index is 0.769. The Morgan fingerprint density at radius 1 is 0.425 bits per heavy atom. The van der Waals surface area contributed by atoms with Crippen molar-refractivity contribution in [3.63, 3.8) is 0 Å². The van der Waals surface area contributed by atoms with E-state index in [0.717, 1.165) is 22.1 Å². The Bertz CT molecular complexity index is 1700. The molecule has 0 atom stereocenters. The first-order chi connectivity index (χ1) is 19.7. The number of hydrogen-bond donors (Lipinski definition) is 0. The van der Waals surface area contributed by atoms with Gasteiger partial charge in [-0.15, -0.1) is 0 Å². The Labute approximate surface area is 248 Å². The maximum atomic E-state index is 6.33. The number of fused-ring (bicyclic) bond motifs is 2. The smallest absolute Gasteiger partial charge is 0.0612 e. The minimum Gasteiger partial charge on any atom is -0.309 e. The van der Waals surface area contributed by atoms with Crippen LogP contribution in [0.2, 0.25) is 5.02 Å². The van der Waals surface area contributed by atoms with Crippen LogP contribution in [-0.4, -0.2) is 0 Å². The Hall–Kier alpha value is -3.89. The lowest BCUT2D eigenvalue weighted by Crippen LogP contribution is -2.12. The van der Waals surface area contributed by atoms with Crippen LogP contribution in [0.4, 0.5) is 17.1 Å². The van der Waals surface area contributed by atoms with Gasteiger partial charge in [0.2, 0.25) is 0 Å². The van der Waals surface area contributed by atoms with Crippen molar-refractivity contribution in [2.45, 2.75) is 19.6 Å². The summed E-state index contributed by atoms with van der Waals surface area (Å²) in [5, 5.41) is 0.769. The second-order valence-electron chi connectivity index (χ2n) is 9.56. The number of rotatable bonds is 5. The standard InChI is InChI=1S/C36H24ClNS2/c37-29-18-23-33-35(24-29)39-34-13-7-12-32(36(34)40-33)38(30-19-14-27(15-20-30)25-8-3-1-4-9-25)31-21-16-28(17-22-31)26-10-5-2-6-11-26/h1-24H. The fraction of sp³-hybridized carbons (Fsp3) is 0. The van der Waals surface area contributed by atoms with Crippen LogP contribution in [0.15, 0.2) is 165 Å². The van der Waals surface area contributed by atoms with Gasteiger partial charge < -0.3 is 4.90 Å². The summed E-state index contributed by atoms with van der Waals surface area (Å²) >= 11 is 9.93. The van der Waals surface area contributed by atoms with Gasteiger partial charge in [-0.1, -0.05) is 126 Å². The molecule has 0 unspecified atom stereocenters. The van der Waals surface area contributed by atoms with Crippen molar-refractivity contribution >= 4 is 52.2 Å². The van der Waals surface area contributed by atoms with Crippen LogP contribution in [0, 0.1) is 0 Å². The molecule has 7 rings (SSSR count). The zero-order chi connectivity index (χ0) is 26.9. The molecule has 6 aromatic carbocycles. The van der Waals surface area contributed by atoms with E-state index in [-0.39, 0.29) is 0 Å². The van der Waals surface area contributed by atoms with Crippen LogP contribution < -0.4 is 4.90 Å². The summed E-state index contributed by atoms with van der Waals surface area (Å²) < 4.78 is 0. The summed E-state index contributed by atoms with van der Waals surface area (Å²) in [5.74, 6) is 0. The van der Waals surface area contributed by atoms with Gasteiger partial charge in [0.25, 0.3) is 0 Å². The number of nitrogens with zero attached hydrogens (tertiary/aromatic N) is 1. The third-order valence-electron chi connectivity index (χ3n) is 7.00. The molecular formula is C36H24ClNS2. The summed E-state index contributed by atoms with van der Waals surface area (Å²) in [4.78, 5) is 7.29. The molecule has 0 radical (unpaired) electrons. The molecule has 1 nitrogen and oxygen atoms in total. The first-order valence-corrected chi connectivity index (χ1v) is 15.1. The number of anilines is 3. The Kier molecular flexibility index (Phi) is 6.86. The van der Waals surface area contributed by atoms with E-state index >= 15 is 0 Å². The molecule has 40 heavy (non-hydrogen) atoms. The van der Waals surface area contributed by atoms with Gasteiger partial charge in [0.1, 0.15) is 0 Å². The molecule has 4 heteroatoms. The van der Waals surface area contributed by atoms with Crippen LogP contribution in [-0.2, 0) is 0 Å². The highest BCUT2D eigenvalue weighted by Gasteiger charge is 2.24. The van der Waals surface area contributed by atoms with Crippen molar-refractivity contribution in [3.05, 3.63) is 151 Å². The molecule has 0 spiro atoms. The summed E-state index contributed by atoms with van der Waals surface area (Å²) in [5.41, 5.74) is 8.24. The molecule has 0 saturated carbocycles. The van der Waals surface area contributed by atoms with Crippen molar-refractivity contribution in [2.24, 2.45) is 0 Å². The topological polar surface area (TPSA) is 3.24 Å². The van der Waals surface area contributed by atoms with E-state index < -0.39 is 0 Å². The monoisotopic (exact) mass is 569 g/mol. The predicted molar refractivity (Wildman–Crippen MR) is 172 cm³/mol. The van der Waals surface area contributed by atoms with Gasteiger partial charge in [0.05, 0.1) is 10.6 Å². The van der Waals surface area contributed by atoms with Gasteiger partial charge in [-0.3, -0.25) is 0 Å². The SMILES string of the molecule is Clc1ccc2c(c1)Sc1cccc(N(c3ccc(-c4ccccc4)cc3)c3ccc(-c4ccccc4)cc3)c1S2. The van der Waals surface area contributed by atoms with E-state index in [1.165, 1.54) is 41.8 Å². The Morgan fingerprint density at radius 2 is 0.975 bits per heavy atom. The fourth-order valence-electron chi connectivity index (χ4n) is 5.03. The third kappa shape index (κ3) is 4.93. The molecule has 1 heterocycles. The second-order valence-corrected chi connectivity index (χ2v) is 12.1. The molecule has 6 aromatic rings. The second kappa shape index (κ2) is 10.9. The highest BCUT2D eigenvalue weighted by atomic mass is 35.5. The Morgan fingerprint density at radius 3 is 1.55 bits per heavy atom. The maximum absolute atomic E-state index is 6.33. The lowest BCUT2D eigenvalue weighted by Gasteiger charge is -2.30. The molecule has 192 valence electrons. The van der Waals surface area contributed by atoms with Gasteiger partial charge in [0, 0.05) is 31.1 Å². The average Bonchev–Trinajstić information content (AvgIpc) is 3.02. The Balaban J connectivity index is 1.33. The molecular weight excluding hydrogens is 546 g/mol. The maximum Gasteiger partial charge on any atom is 0.0612 e. The van der Waals surface area contributed by atoms with Gasteiger partial charge in [-0.25, -0.2) is 0 Å². The van der Waals surface area contributed by atoms with Crippen molar-refractivity contribution in [1.29, 1.82) is 0 Å². The van der Waals surface area contributed by atoms with E-state index in [9.17, 15) is 0 Å². The zero-order valence-electron chi connectivity index (χ0n) is 21.5. The van der Waals surface area contributed by atoms with Gasteiger partial charge >= 0.3 is 0 Å². The number of halogens is 1. The van der Waals surface area contributed by atoms with Crippen LogP contribution in [0.5, 0.6) is 0 Å². The van der Waals surface area contributed by atoms with Gasteiger partial charge in [-0.05, 0) is 76.9 Å². The molecule has 0 saturated heterocycles. The van der Waals surface area contributed by atoms with E-state index in [4.69, 9.17) is 11.6 Å². The average molecular weight is 570 g/mol. The highest BCUT2D eigenvalue weighted by molar-refractivity contribution is 8.05. The fourth-order valence-corrected chi connectivity index (χ4v) is 7.65. The highest BCUT2D eigenvalue weighted by Crippen LogP contribution is 2.54. The van der Waals surface area contributed by atoms with Crippen molar-refractivity contribution in [2.75, 3.05) is 4.90 Å². The molecule has 0 fully saturated rings. The third-order valence-corrected chi connectivity index (χ3v) is 9.82. The van der Waals surface area contributed by atoms with Gasteiger partial charge in [-0.2, -0.15) is 0 Å². The molecule has 0 N–H and O–H groups in total. The molecule has 0 aliphatic carbocycles. The lowest BCUT2D eigenvalue weighted by molar-refractivity contribution is 1.12. The minimum atomic E-state index is 0.769. The van der Waals surface area contributed by atoms with E-state index in [0.29, 0.717) is 0 Å². The van der Waals surface area contributed by atoms with Gasteiger partial charge in [0.15, 0.2) is 0 Å². The number of hydrogen-bond acceptors (Lipinski definition) is 3. The van der Waals surface area contributed by atoms with Crippen molar-refractivity contribution in [3.8, 4) is 22.3 Å². The summed E-state index contributed by atoms with van der Waals surface area (Å²) in [6.45, 7) is 0. The van der Waals surface area contributed by atoms with E-state index in [2.05, 4.69) is 144 Å². The van der Waals surface area contributed by atoms with E-state index in [1.54, 1.807) is 11.8 Å². The molecule has 0 amide bonds. The molecule has 1 aliphatic rings. The zero-order valence-corrected chi connectivity index (χ0v) is 23.9. The summed E-state index contributed by atoms with van der Waals surface area (Å²) in [6, 6.07) is 51.5. The lowest BCUT2D eigenvalue weighted by atomic mass is 10.0. The first-order valence-electron chi connectivity index (χ1n) is 13.1. The van der Waals surface area contributed by atoms with Crippen LogP contribution >= 0.6 is 35.1 Å². The van der Waals surface area contributed by atoms with E-state index in [1.807, 2.05) is 17.8 Å². The summed E-state index contributed by atoms with van der Waals surface area (Å²) in [6.07, 6.45) is 0. The largest absolute Gasteiger partial charge is 0.309 e. The number of benzene rings is 6. The van der Waals surface area contributed by atoms with Crippen LogP contribution in [0.1, 0.15) is 0 Å². The first kappa shape index (κ1) is 25.1. The quantitative estimate of drug-likeness (QED) is 0.203. The normalized spacial score (nSPS) is 11.9. The molecule has 0 aromatic heterocycles. The van der Waals surface area contributed by atoms with Crippen LogP contribution in [0.3, 0.4) is 0 Å². The molecule has 1 aliphatic heterocycles. The molecule has 0 bridgehead atoms. The predicted octanol–water partition coefficient (Wildman–Crippen LogP) is 11.8. The summed E-state index contributed by atoms with van der Waals surface area (Å²) in [7, 11) is 0. The van der Waals surface area contributed by atoms with Crippen molar-refractivity contribution in [1.82, 2.24) is 0 Å². The van der Waals surface area contributed by atoms with Crippen LogP contribution in [0.25, 0.3) is 22.3 Å².